The van der Waals surface area contributed by atoms with Gasteiger partial charge < -0.3 is 43.9 Å². The van der Waals surface area contributed by atoms with Crippen molar-refractivity contribution in [3.63, 3.8) is 0 Å². The number of allylic oxidation sites excluding steroid dienone is 4. The van der Waals surface area contributed by atoms with Crippen molar-refractivity contribution in [1.82, 2.24) is 4.90 Å². The number of carbonyl (C=O) groups excluding carboxylic acids is 4. The van der Waals surface area contributed by atoms with Crippen molar-refractivity contribution in [2.45, 2.75) is 160 Å². The number of ketones is 2. The first kappa shape index (κ1) is 46.9. The highest BCUT2D eigenvalue weighted by Gasteiger charge is 2.56. The number of carbonyl (C=O) groups is 4. The summed E-state index contributed by atoms with van der Waals surface area (Å²) in [4.78, 5) is 57.8. The number of cyclic esters (lactones) is 1. The van der Waals surface area contributed by atoms with E-state index < -0.39 is 83.9 Å². The molecular formula is C44H69NO12. The molecule has 0 aromatic rings. The Kier molecular flexibility index (Phi) is 17.2. The molecule has 13 nitrogen and oxygen atoms in total. The van der Waals surface area contributed by atoms with Crippen LogP contribution in [-0.4, -0.2) is 126 Å². The molecule has 1 amide bonds. The molecule has 0 aromatic heterocycles. The topological polar surface area (TPSA) is 178 Å². The summed E-state index contributed by atoms with van der Waals surface area (Å²) < 4.78 is 29.7. The van der Waals surface area contributed by atoms with Crippen LogP contribution in [0.5, 0.6) is 0 Å². The zero-order valence-corrected chi connectivity index (χ0v) is 35.4. The second kappa shape index (κ2) is 21.0. The first-order valence-electron chi connectivity index (χ1n) is 20.9. The highest BCUT2D eigenvalue weighted by Crippen LogP contribution is 2.39. The summed E-state index contributed by atoms with van der Waals surface area (Å²) >= 11 is 0. The molecule has 322 valence electrons. The van der Waals surface area contributed by atoms with Gasteiger partial charge in [-0.05, 0) is 95.5 Å². The van der Waals surface area contributed by atoms with Crippen LogP contribution in [0.2, 0.25) is 0 Å². The molecule has 3 heterocycles. The molecule has 3 aliphatic heterocycles. The average Bonchev–Trinajstić information content (AvgIpc) is 3.18. The van der Waals surface area contributed by atoms with Gasteiger partial charge in [-0.25, -0.2) is 4.79 Å². The maximum Gasteiger partial charge on any atom is 0.329 e. The predicted octanol–water partition coefficient (Wildman–Crippen LogP) is 4.64. The Hall–Kier alpha value is -2.78. The van der Waals surface area contributed by atoms with Crippen LogP contribution >= 0.6 is 0 Å². The predicted molar refractivity (Wildman–Crippen MR) is 213 cm³/mol. The molecule has 2 saturated heterocycles. The third-order valence-electron chi connectivity index (χ3n) is 12.9. The van der Waals surface area contributed by atoms with E-state index in [1.807, 2.05) is 32.9 Å². The number of Topliss-reactive ketones (excluding diaryl/α,β-unsaturated/α-hetero) is 2. The minimum atomic E-state index is -2.51. The van der Waals surface area contributed by atoms with E-state index in [2.05, 4.69) is 6.58 Å². The second-order valence-electron chi connectivity index (χ2n) is 17.3. The normalized spacial score (nSPS) is 41.0. The van der Waals surface area contributed by atoms with Crippen LogP contribution in [-0.2, 0) is 42.9 Å². The van der Waals surface area contributed by atoms with Gasteiger partial charge in [-0.2, -0.15) is 0 Å². The third kappa shape index (κ3) is 11.3. The van der Waals surface area contributed by atoms with Crippen LogP contribution in [0.1, 0.15) is 105 Å². The first-order valence-corrected chi connectivity index (χ1v) is 20.9. The molecule has 4 rings (SSSR count). The number of piperidine rings is 1. The molecule has 1 unspecified atom stereocenters. The van der Waals surface area contributed by atoms with Gasteiger partial charge in [-0.15, -0.1) is 6.58 Å². The van der Waals surface area contributed by atoms with Crippen LogP contribution in [0, 0.1) is 29.6 Å². The molecule has 2 bridgehead atoms. The summed E-state index contributed by atoms with van der Waals surface area (Å²) in [5.74, 6) is -7.76. The Morgan fingerprint density at radius 3 is 2.25 bits per heavy atom. The third-order valence-corrected chi connectivity index (χ3v) is 12.9. The quantitative estimate of drug-likeness (QED) is 0.185. The maximum atomic E-state index is 14.3. The second-order valence-corrected chi connectivity index (χ2v) is 17.3. The molecular weight excluding hydrogens is 734 g/mol. The number of methoxy groups -OCH3 is 3. The SMILES string of the molecule is C=CC[C@@H]1/C=C(\C)CC(C)C[C@H](OC)[C@H]2O[C@@](O)(C(=O)C(=O)N3CCCC[C@H]3C(=O)O[C@H](/C(C)=C/[C@@H]3CC[C@@H](O)[C@H](OC)C3)[C@H](C)[C@@H](O)CC1=O)[C@H](C)C[C@@H]2OC. The standard InChI is InChI=1S/C44H69NO12/c1-10-13-31-19-25(2)18-26(3)20-37(54-8)40-38(55-9)22-28(5)44(52,57-40)41(49)42(50)45-17-12-11-14-32(45)43(51)56-39(29(6)34(47)24-35(31)48)27(4)21-30-15-16-33(46)36(23-30)53-7/h10,19,21,26,28-34,36-40,46-47,52H,1,11-18,20,22-24H2,2-9H3/b25-19+,27-21+/t26?,28-,29-,30+,31-,32+,33-,34+,36-,37+,38+,39-,40-,44-/m1/s1. The van der Waals surface area contributed by atoms with Gasteiger partial charge in [-0.3, -0.25) is 14.4 Å². The van der Waals surface area contributed by atoms with E-state index in [1.54, 1.807) is 27.0 Å². The zero-order chi connectivity index (χ0) is 42.2. The number of rotatable bonds is 7. The van der Waals surface area contributed by atoms with Gasteiger partial charge in [-0.1, -0.05) is 44.6 Å². The van der Waals surface area contributed by atoms with Crippen LogP contribution in [0.4, 0.5) is 0 Å². The van der Waals surface area contributed by atoms with E-state index in [1.165, 1.54) is 19.1 Å². The molecule has 3 N–H and O–H groups in total. The Morgan fingerprint density at radius 2 is 1.60 bits per heavy atom. The number of amides is 1. The zero-order valence-electron chi connectivity index (χ0n) is 35.4. The summed E-state index contributed by atoms with van der Waals surface area (Å²) in [7, 11) is 4.61. The number of ether oxygens (including phenoxy) is 5. The largest absolute Gasteiger partial charge is 0.456 e. The summed E-state index contributed by atoms with van der Waals surface area (Å²) in [6, 6.07) is -1.14. The summed E-state index contributed by atoms with van der Waals surface area (Å²) in [6.07, 6.45) is 4.93. The lowest BCUT2D eigenvalue weighted by atomic mass is 9.81. The van der Waals surface area contributed by atoms with Gasteiger partial charge in [0.25, 0.3) is 11.7 Å². The molecule has 57 heavy (non-hydrogen) atoms. The van der Waals surface area contributed by atoms with Crippen molar-refractivity contribution in [2.75, 3.05) is 27.9 Å². The van der Waals surface area contributed by atoms with Crippen molar-refractivity contribution in [3.8, 4) is 0 Å². The van der Waals surface area contributed by atoms with E-state index >= 15 is 0 Å². The lowest BCUT2D eigenvalue weighted by molar-refractivity contribution is -0.302. The summed E-state index contributed by atoms with van der Waals surface area (Å²) in [5.41, 5.74) is 1.61. The molecule has 13 heteroatoms. The molecule has 4 aliphatic rings. The number of aliphatic hydroxyl groups excluding tert-OH is 2. The minimum absolute atomic E-state index is 0.00988. The fraction of sp³-hybridized carbons (Fsp3) is 0.773. The smallest absolute Gasteiger partial charge is 0.329 e. The van der Waals surface area contributed by atoms with Crippen molar-refractivity contribution in [3.05, 3.63) is 36.0 Å². The molecule has 0 spiro atoms. The number of hydrogen-bond acceptors (Lipinski definition) is 12. The molecule has 14 atom stereocenters. The van der Waals surface area contributed by atoms with Crippen molar-refractivity contribution in [2.24, 2.45) is 29.6 Å². The maximum absolute atomic E-state index is 14.3. The molecule has 3 fully saturated rings. The molecule has 1 aliphatic carbocycles. The van der Waals surface area contributed by atoms with Gasteiger partial charge in [0.15, 0.2) is 0 Å². The Morgan fingerprint density at radius 1 is 0.930 bits per heavy atom. The van der Waals surface area contributed by atoms with E-state index in [0.29, 0.717) is 56.9 Å². The van der Waals surface area contributed by atoms with Crippen LogP contribution in [0.25, 0.3) is 0 Å². The number of fused-ring (bicyclic) bond motifs is 3. The molecule has 0 radical (unpaired) electrons. The van der Waals surface area contributed by atoms with Crippen LogP contribution < -0.4 is 0 Å². The van der Waals surface area contributed by atoms with E-state index in [0.717, 1.165) is 5.57 Å². The van der Waals surface area contributed by atoms with Gasteiger partial charge in [0.05, 0.1) is 30.5 Å². The Balaban J connectivity index is 1.78. The molecule has 1 saturated carbocycles. The van der Waals surface area contributed by atoms with E-state index in [4.69, 9.17) is 23.7 Å². The lowest BCUT2D eigenvalue weighted by Gasteiger charge is -2.47. The van der Waals surface area contributed by atoms with Crippen LogP contribution in [0.15, 0.2) is 36.0 Å². The van der Waals surface area contributed by atoms with Gasteiger partial charge in [0.1, 0.15) is 24.0 Å². The van der Waals surface area contributed by atoms with Crippen molar-refractivity contribution in [1.29, 1.82) is 0 Å². The van der Waals surface area contributed by atoms with Crippen molar-refractivity contribution < 1.29 is 58.2 Å². The lowest BCUT2D eigenvalue weighted by Crippen LogP contribution is -2.64. The number of aliphatic hydroxyl groups is 3. The summed E-state index contributed by atoms with van der Waals surface area (Å²) in [5, 5.41) is 34.1. The highest BCUT2D eigenvalue weighted by molar-refractivity contribution is 6.39. The number of hydrogen-bond donors (Lipinski definition) is 3. The van der Waals surface area contributed by atoms with E-state index in [-0.39, 0.29) is 49.5 Å². The van der Waals surface area contributed by atoms with Gasteiger partial charge in [0, 0.05) is 52.0 Å². The average molecular weight is 804 g/mol. The highest BCUT2D eigenvalue weighted by atomic mass is 16.7. The van der Waals surface area contributed by atoms with E-state index in [9.17, 15) is 34.5 Å². The van der Waals surface area contributed by atoms with Crippen molar-refractivity contribution >= 4 is 23.4 Å². The minimum Gasteiger partial charge on any atom is -0.456 e. The molecule has 0 aromatic carbocycles. The van der Waals surface area contributed by atoms with Gasteiger partial charge in [0.2, 0.25) is 5.79 Å². The number of nitrogens with zero attached hydrogens (tertiary/aromatic N) is 1. The summed E-state index contributed by atoms with van der Waals surface area (Å²) in [6.45, 7) is 13.1. The Labute approximate surface area is 339 Å². The number of esters is 1. The van der Waals surface area contributed by atoms with Crippen LogP contribution in [0.3, 0.4) is 0 Å². The van der Waals surface area contributed by atoms with Gasteiger partial charge >= 0.3 is 5.97 Å². The monoisotopic (exact) mass is 803 g/mol. The fourth-order valence-corrected chi connectivity index (χ4v) is 9.42. The Bertz CT molecular complexity index is 1480. The first-order chi connectivity index (χ1) is 27.0. The fourth-order valence-electron chi connectivity index (χ4n) is 9.42.